The molecule has 3 aromatic rings. The van der Waals surface area contributed by atoms with Gasteiger partial charge in [-0.1, -0.05) is 35.9 Å². The number of para-hydroxylation sites is 1. The number of nitrogens with one attached hydrogen (secondary N) is 1. The van der Waals surface area contributed by atoms with Gasteiger partial charge >= 0.3 is 0 Å². The first kappa shape index (κ1) is 17.5. The monoisotopic (exact) mass is 378 g/mol. The highest BCUT2D eigenvalue weighted by Gasteiger charge is 2.24. The Hall–Kier alpha value is -2.92. The second-order valence-electron chi connectivity index (χ2n) is 6.56. The Kier molecular flexibility index (Phi) is 4.77. The van der Waals surface area contributed by atoms with E-state index >= 15 is 0 Å². The number of carbonyl (C=O) groups is 1. The lowest BCUT2D eigenvalue weighted by Crippen LogP contribution is -2.36. The molecule has 136 valence electrons. The van der Waals surface area contributed by atoms with Gasteiger partial charge in [0.1, 0.15) is 11.5 Å². The highest BCUT2D eigenvalue weighted by molar-refractivity contribution is 6.31. The van der Waals surface area contributed by atoms with Gasteiger partial charge in [0, 0.05) is 22.9 Å². The van der Waals surface area contributed by atoms with Crippen molar-refractivity contribution in [3.63, 3.8) is 0 Å². The molecule has 1 aliphatic heterocycles. The van der Waals surface area contributed by atoms with Gasteiger partial charge in [-0.15, -0.1) is 0 Å². The van der Waals surface area contributed by atoms with Gasteiger partial charge in [0.2, 0.25) is 0 Å². The molecule has 0 spiro atoms. The van der Waals surface area contributed by atoms with Crippen molar-refractivity contribution in [1.82, 2.24) is 9.97 Å². The molecule has 1 amide bonds. The SMILES string of the molecule is Cc1ccc(Nc2cnc(C(=O)N3CCCc4ccccc43)cn2)cc1Cl. The maximum absolute atomic E-state index is 12.9. The standard InChI is InChI=1S/C21H19ClN4O/c1-14-8-9-16(11-17(14)22)25-20-13-23-18(12-24-20)21(27)26-10-4-6-15-5-2-3-7-19(15)26/h2-3,5,7-9,11-13H,4,6,10H2,1H3,(H,24,25). The molecule has 6 heteroatoms. The average Bonchev–Trinajstić information content (AvgIpc) is 2.70. The van der Waals surface area contributed by atoms with E-state index in [9.17, 15) is 4.79 Å². The van der Waals surface area contributed by atoms with Crippen molar-refractivity contribution in [1.29, 1.82) is 0 Å². The van der Waals surface area contributed by atoms with Crippen LogP contribution in [0.1, 0.15) is 28.0 Å². The summed E-state index contributed by atoms with van der Waals surface area (Å²) in [5, 5.41) is 3.83. The Morgan fingerprint density at radius 3 is 2.78 bits per heavy atom. The molecule has 2 aromatic carbocycles. The fraction of sp³-hybridized carbons (Fsp3) is 0.190. The van der Waals surface area contributed by atoms with Gasteiger partial charge in [0.25, 0.3) is 5.91 Å². The average molecular weight is 379 g/mol. The van der Waals surface area contributed by atoms with Crippen molar-refractivity contribution >= 4 is 34.7 Å². The van der Waals surface area contributed by atoms with E-state index < -0.39 is 0 Å². The number of rotatable bonds is 3. The Morgan fingerprint density at radius 2 is 2.00 bits per heavy atom. The van der Waals surface area contributed by atoms with Gasteiger partial charge in [0.15, 0.2) is 0 Å². The summed E-state index contributed by atoms with van der Waals surface area (Å²) in [5.41, 5.74) is 4.32. The van der Waals surface area contributed by atoms with E-state index in [1.54, 1.807) is 11.1 Å². The molecular formula is C21H19ClN4O. The highest BCUT2D eigenvalue weighted by atomic mass is 35.5. The number of benzene rings is 2. The number of fused-ring (bicyclic) bond motifs is 1. The molecule has 1 aromatic heterocycles. The number of nitrogens with zero attached hydrogens (tertiary/aromatic N) is 3. The lowest BCUT2D eigenvalue weighted by molar-refractivity contribution is 0.0980. The zero-order valence-electron chi connectivity index (χ0n) is 14.9. The zero-order chi connectivity index (χ0) is 18.8. The third kappa shape index (κ3) is 3.64. The van der Waals surface area contributed by atoms with Crippen LogP contribution in [0.5, 0.6) is 0 Å². The minimum Gasteiger partial charge on any atom is -0.339 e. The van der Waals surface area contributed by atoms with Crippen LogP contribution in [0.2, 0.25) is 5.02 Å². The second kappa shape index (κ2) is 7.37. The summed E-state index contributed by atoms with van der Waals surface area (Å²) in [4.78, 5) is 23.3. The largest absolute Gasteiger partial charge is 0.339 e. The van der Waals surface area contributed by atoms with Gasteiger partial charge < -0.3 is 10.2 Å². The van der Waals surface area contributed by atoms with Crippen LogP contribution < -0.4 is 10.2 Å². The molecule has 5 nitrogen and oxygen atoms in total. The summed E-state index contributed by atoms with van der Waals surface area (Å²) in [6.45, 7) is 2.64. The summed E-state index contributed by atoms with van der Waals surface area (Å²) < 4.78 is 0. The number of hydrogen-bond donors (Lipinski definition) is 1. The highest BCUT2D eigenvalue weighted by Crippen LogP contribution is 2.28. The molecule has 0 saturated heterocycles. The van der Waals surface area contributed by atoms with Crippen molar-refractivity contribution in [2.45, 2.75) is 19.8 Å². The van der Waals surface area contributed by atoms with E-state index in [4.69, 9.17) is 11.6 Å². The first-order valence-electron chi connectivity index (χ1n) is 8.87. The number of amides is 1. The lowest BCUT2D eigenvalue weighted by Gasteiger charge is -2.29. The van der Waals surface area contributed by atoms with Gasteiger partial charge in [-0.3, -0.25) is 4.79 Å². The molecule has 27 heavy (non-hydrogen) atoms. The number of carbonyl (C=O) groups excluding carboxylic acids is 1. The zero-order valence-corrected chi connectivity index (χ0v) is 15.7. The van der Waals surface area contributed by atoms with Crippen LogP contribution in [0.4, 0.5) is 17.2 Å². The van der Waals surface area contributed by atoms with E-state index in [1.807, 2.05) is 43.3 Å². The minimum atomic E-state index is -0.125. The molecule has 1 aliphatic rings. The van der Waals surface area contributed by atoms with Crippen molar-refractivity contribution in [2.75, 3.05) is 16.8 Å². The minimum absolute atomic E-state index is 0.125. The molecular weight excluding hydrogens is 360 g/mol. The van der Waals surface area contributed by atoms with E-state index in [0.717, 1.165) is 29.8 Å². The second-order valence-corrected chi connectivity index (χ2v) is 6.97. The summed E-state index contributed by atoms with van der Waals surface area (Å²) in [5.74, 6) is 0.435. The van der Waals surface area contributed by atoms with Crippen molar-refractivity contribution in [3.05, 3.63) is 76.7 Å². The Morgan fingerprint density at radius 1 is 1.15 bits per heavy atom. The summed E-state index contributed by atoms with van der Waals surface area (Å²) in [6, 6.07) is 13.7. The van der Waals surface area contributed by atoms with Crippen LogP contribution in [-0.4, -0.2) is 22.4 Å². The predicted molar refractivity (Wildman–Crippen MR) is 108 cm³/mol. The smallest absolute Gasteiger partial charge is 0.278 e. The Labute approximate surface area is 163 Å². The molecule has 0 fully saturated rings. The third-order valence-corrected chi connectivity index (χ3v) is 5.08. The van der Waals surface area contributed by atoms with E-state index in [1.165, 1.54) is 11.8 Å². The van der Waals surface area contributed by atoms with Gasteiger partial charge in [-0.25, -0.2) is 9.97 Å². The number of aryl methyl sites for hydroxylation is 2. The van der Waals surface area contributed by atoms with Crippen LogP contribution in [0.15, 0.2) is 54.9 Å². The topological polar surface area (TPSA) is 58.1 Å². The lowest BCUT2D eigenvalue weighted by atomic mass is 10.0. The van der Waals surface area contributed by atoms with E-state index in [2.05, 4.69) is 21.4 Å². The Bertz CT molecular complexity index is 988. The molecule has 1 N–H and O–H groups in total. The first-order valence-corrected chi connectivity index (χ1v) is 9.24. The van der Waals surface area contributed by atoms with Crippen molar-refractivity contribution in [3.8, 4) is 0 Å². The fourth-order valence-corrected chi connectivity index (χ4v) is 3.38. The van der Waals surface area contributed by atoms with Gasteiger partial charge in [-0.05, 0) is 49.1 Å². The molecule has 2 heterocycles. The van der Waals surface area contributed by atoms with Crippen LogP contribution in [0.3, 0.4) is 0 Å². The third-order valence-electron chi connectivity index (χ3n) is 4.67. The molecule has 4 rings (SSSR count). The summed E-state index contributed by atoms with van der Waals surface area (Å²) in [6.07, 6.45) is 5.02. The van der Waals surface area contributed by atoms with Crippen LogP contribution in [-0.2, 0) is 6.42 Å². The van der Waals surface area contributed by atoms with Gasteiger partial charge in [0.05, 0.1) is 12.4 Å². The van der Waals surface area contributed by atoms with Crippen LogP contribution in [0.25, 0.3) is 0 Å². The number of anilines is 3. The molecule has 0 unspecified atom stereocenters. The fourth-order valence-electron chi connectivity index (χ4n) is 3.20. The number of aromatic nitrogens is 2. The summed E-state index contributed by atoms with van der Waals surface area (Å²) in [7, 11) is 0. The van der Waals surface area contributed by atoms with E-state index in [0.29, 0.717) is 23.1 Å². The Balaban J connectivity index is 1.52. The quantitative estimate of drug-likeness (QED) is 0.712. The normalized spacial score (nSPS) is 13.2. The van der Waals surface area contributed by atoms with Gasteiger partial charge in [-0.2, -0.15) is 0 Å². The molecule has 0 saturated carbocycles. The summed E-state index contributed by atoms with van der Waals surface area (Å²) >= 11 is 6.15. The number of halogens is 1. The molecule has 0 bridgehead atoms. The number of hydrogen-bond acceptors (Lipinski definition) is 4. The predicted octanol–water partition coefficient (Wildman–Crippen LogP) is 4.78. The molecule has 0 radical (unpaired) electrons. The van der Waals surface area contributed by atoms with Crippen LogP contribution >= 0.6 is 11.6 Å². The maximum Gasteiger partial charge on any atom is 0.278 e. The van der Waals surface area contributed by atoms with Crippen molar-refractivity contribution < 1.29 is 4.79 Å². The molecule has 0 aliphatic carbocycles. The first-order chi connectivity index (χ1) is 13.1. The van der Waals surface area contributed by atoms with Crippen LogP contribution in [0, 0.1) is 6.92 Å². The molecule has 0 atom stereocenters. The maximum atomic E-state index is 12.9. The van der Waals surface area contributed by atoms with E-state index in [-0.39, 0.29) is 5.91 Å². The van der Waals surface area contributed by atoms with Crippen molar-refractivity contribution in [2.24, 2.45) is 0 Å².